The van der Waals surface area contributed by atoms with Crippen LogP contribution in [0.15, 0.2) is 73.3 Å². The number of carbonyl (C=O) groups excluding carboxylic acids is 1. The van der Waals surface area contributed by atoms with Crippen molar-refractivity contribution in [1.29, 1.82) is 0 Å². The number of Topliss-reactive ketones (excluding diaryl/α,β-unsaturated/α-hetero) is 1. The van der Waals surface area contributed by atoms with Gasteiger partial charge in [-0.1, -0.05) is 30.3 Å². The lowest BCUT2D eigenvalue weighted by Gasteiger charge is -2.30. The molecule has 0 spiro atoms. The molecule has 0 atom stereocenters. The van der Waals surface area contributed by atoms with Gasteiger partial charge in [-0.15, -0.1) is 0 Å². The molecule has 1 aromatic carbocycles. The summed E-state index contributed by atoms with van der Waals surface area (Å²) in [6.45, 7) is 10.1. The van der Waals surface area contributed by atoms with E-state index in [4.69, 9.17) is 4.98 Å². The van der Waals surface area contributed by atoms with Crippen molar-refractivity contribution in [2.75, 3.05) is 6.54 Å². The lowest BCUT2D eigenvalue weighted by Crippen LogP contribution is -2.38. The number of hydrogen-bond donors (Lipinski definition) is 0. The van der Waals surface area contributed by atoms with Crippen LogP contribution in [-0.2, 0) is 24.1 Å². The average molecular weight is 469 g/mol. The molecule has 0 bridgehead atoms. The first-order chi connectivity index (χ1) is 16.9. The van der Waals surface area contributed by atoms with Crippen LogP contribution in [0.25, 0.3) is 16.7 Å². The third kappa shape index (κ3) is 6.23. The molecular weight excluding hydrogens is 432 g/mol. The molecule has 35 heavy (non-hydrogen) atoms. The smallest absolute Gasteiger partial charge is 0.137 e. The van der Waals surface area contributed by atoms with Crippen molar-refractivity contribution in [1.82, 2.24) is 19.4 Å². The number of pyridine rings is 2. The van der Waals surface area contributed by atoms with Crippen LogP contribution >= 0.6 is 0 Å². The Labute approximate surface area is 208 Å². The van der Waals surface area contributed by atoms with E-state index >= 15 is 0 Å². The maximum atomic E-state index is 12.5. The number of benzene rings is 1. The standard InChI is InChI=1S/C30H36N4O/c1-22(2)33(23(3)4)17-15-26-21-34(29-10-6-5-9-28(26)29)30-14-12-25(20-32-30)18-27(35)13-11-24-8-7-16-31-19-24/h5-10,12,14,16,19-23H,11,13,15,17-18H2,1-4H3. The van der Waals surface area contributed by atoms with Crippen LogP contribution in [0.4, 0.5) is 0 Å². The van der Waals surface area contributed by atoms with Crippen LogP contribution in [0.2, 0.25) is 0 Å². The summed E-state index contributed by atoms with van der Waals surface area (Å²) in [7, 11) is 0. The van der Waals surface area contributed by atoms with Gasteiger partial charge in [0, 0.05) is 61.6 Å². The number of carbonyl (C=O) groups is 1. The van der Waals surface area contributed by atoms with E-state index in [2.05, 4.69) is 72.6 Å². The lowest BCUT2D eigenvalue weighted by molar-refractivity contribution is -0.118. The lowest BCUT2D eigenvalue weighted by atomic mass is 10.0. The minimum atomic E-state index is 0.219. The fourth-order valence-electron chi connectivity index (χ4n) is 4.81. The van der Waals surface area contributed by atoms with E-state index in [1.807, 2.05) is 36.7 Å². The molecule has 5 heteroatoms. The van der Waals surface area contributed by atoms with Gasteiger partial charge in [0.1, 0.15) is 11.6 Å². The summed E-state index contributed by atoms with van der Waals surface area (Å²) >= 11 is 0. The molecule has 0 fully saturated rings. The van der Waals surface area contributed by atoms with Gasteiger partial charge in [0.15, 0.2) is 0 Å². The Bertz CT molecular complexity index is 1230. The second kappa shape index (κ2) is 11.4. The zero-order chi connectivity index (χ0) is 24.8. The summed E-state index contributed by atoms with van der Waals surface area (Å²) in [4.78, 5) is 23.9. The molecule has 0 aliphatic heterocycles. The average Bonchev–Trinajstić information content (AvgIpc) is 3.22. The molecule has 0 radical (unpaired) electrons. The Kier molecular flexibility index (Phi) is 8.09. The first-order valence-electron chi connectivity index (χ1n) is 12.6. The SMILES string of the molecule is CC(C)N(CCc1cn(-c2ccc(CC(=O)CCc3cccnc3)cn2)c2ccccc12)C(C)C. The molecule has 0 N–H and O–H groups in total. The normalized spacial score (nSPS) is 11.7. The van der Waals surface area contributed by atoms with E-state index in [-0.39, 0.29) is 5.78 Å². The van der Waals surface area contributed by atoms with Crippen molar-refractivity contribution in [3.05, 3.63) is 90.0 Å². The molecule has 0 unspecified atom stereocenters. The summed E-state index contributed by atoms with van der Waals surface area (Å²) < 4.78 is 2.17. The molecule has 5 nitrogen and oxygen atoms in total. The van der Waals surface area contributed by atoms with E-state index in [1.165, 1.54) is 10.9 Å². The van der Waals surface area contributed by atoms with Gasteiger partial charge in [0.2, 0.25) is 0 Å². The fraction of sp³-hybridized carbons (Fsp3) is 0.367. The molecule has 3 aromatic heterocycles. The van der Waals surface area contributed by atoms with Crippen molar-refractivity contribution < 1.29 is 4.79 Å². The van der Waals surface area contributed by atoms with Gasteiger partial charge in [-0.05, 0) is 75.4 Å². The highest BCUT2D eigenvalue weighted by atomic mass is 16.1. The molecule has 3 heterocycles. The minimum Gasteiger partial charge on any atom is -0.301 e. The largest absolute Gasteiger partial charge is 0.301 e. The van der Waals surface area contributed by atoms with E-state index in [9.17, 15) is 4.79 Å². The summed E-state index contributed by atoms with van der Waals surface area (Å²) in [6, 6.07) is 17.5. The number of aromatic nitrogens is 3. The molecule has 4 rings (SSSR count). The first kappa shape index (κ1) is 24.8. The highest BCUT2D eigenvalue weighted by molar-refractivity contribution is 5.85. The van der Waals surface area contributed by atoms with Crippen LogP contribution in [0.1, 0.15) is 50.8 Å². The Morgan fingerprint density at radius 1 is 0.914 bits per heavy atom. The van der Waals surface area contributed by atoms with Crippen molar-refractivity contribution in [3.8, 4) is 5.82 Å². The fourth-order valence-corrected chi connectivity index (χ4v) is 4.81. The highest BCUT2D eigenvalue weighted by Crippen LogP contribution is 2.25. The Morgan fingerprint density at radius 2 is 1.71 bits per heavy atom. The van der Waals surface area contributed by atoms with Crippen molar-refractivity contribution in [2.45, 2.75) is 65.5 Å². The molecule has 182 valence electrons. The quantitative estimate of drug-likeness (QED) is 0.278. The van der Waals surface area contributed by atoms with Gasteiger partial charge in [-0.3, -0.25) is 14.7 Å². The Morgan fingerprint density at radius 3 is 2.40 bits per heavy atom. The molecule has 0 saturated heterocycles. The monoisotopic (exact) mass is 468 g/mol. The number of aryl methyl sites for hydroxylation is 1. The van der Waals surface area contributed by atoms with Crippen molar-refractivity contribution >= 4 is 16.7 Å². The van der Waals surface area contributed by atoms with Crippen molar-refractivity contribution in [3.63, 3.8) is 0 Å². The van der Waals surface area contributed by atoms with Crippen molar-refractivity contribution in [2.24, 2.45) is 0 Å². The van der Waals surface area contributed by atoms with Gasteiger partial charge >= 0.3 is 0 Å². The molecular formula is C30H36N4O. The maximum Gasteiger partial charge on any atom is 0.137 e. The van der Waals surface area contributed by atoms with Crippen LogP contribution in [0, 0.1) is 0 Å². The Hall–Kier alpha value is -3.31. The van der Waals surface area contributed by atoms with Crippen LogP contribution in [0.5, 0.6) is 0 Å². The molecule has 0 aliphatic carbocycles. The van der Waals surface area contributed by atoms with Gasteiger partial charge < -0.3 is 4.57 Å². The zero-order valence-corrected chi connectivity index (χ0v) is 21.3. The predicted molar refractivity (Wildman–Crippen MR) is 143 cm³/mol. The van der Waals surface area contributed by atoms with E-state index < -0.39 is 0 Å². The van der Waals surface area contributed by atoms with E-state index in [0.29, 0.717) is 24.9 Å². The Balaban J connectivity index is 1.47. The maximum absolute atomic E-state index is 12.5. The van der Waals surface area contributed by atoms with E-state index in [0.717, 1.165) is 41.8 Å². The zero-order valence-electron chi connectivity index (χ0n) is 21.3. The summed E-state index contributed by atoms with van der Waals surface area (Å²) in [5.74, 6) is 1.10. The molecule has 4 aromatic rings. The summed E-state index contributed by atoms with van der Waals surface area (Å²) in [5.41, 5.74) is 4.54. The topological polar surface area (TPSA) is 51.0 Å². The highest BCUT2D eigenvalue weighted by Gasteiger charge is 2.16. The number of nitrogens with zero attached hydrogens (tertiary/aromatic N) is 4. The van der Waals surface area contributed by atoms with Crippen LogP contribution in [0.3, 0.4) is 0 Å². The second-order valence-electron chi connectivity index (χ2n) is 9.82. The van der Waals surface area contributed by atoms with Gasteiger partial charge in [-0.25, -0.2) is 4.98 Å². The molecule has 0 amide bonds. The van der Waals surface area contributed by atoms with Gasteiger partial charge in [-0.2, -0.15) is 0 Å². The molecule has 0 aliphatic rings. The van der Waals surface area contributed by atoms with Gasteiger partial charge in [0.05, 0.1) is 5.52 Å². The minimum absolute atomic E-state index is 0.219. The molecule has 0 saturated carbocycles. The predicted octanol–water partition coefficient (Wildman–Crippen LogP) is 5.83. The summed E-state index contributed by atoms with van der Waals surface area (Å²) in [6.07, 6.45) is 10.3. The van der Waals surface area contributed by atoms with Gasteiger partial charge in [0.25, 0.3) is 0 Å². The number of rotatable bonds is 11. The van der Waals surface area contributed by atoms with Crippen LogP contribution < -0.4 is 0 Å². The van der Waals surface area contributed by atoms with Crippen LogP contribution in [-0.4, -0.2) is 43.8 Å². The summed E-state index contributed by atoms with van der Waals surface area (Å²) in [5, 5.41) is 1.27. The third-order valence-electron chi connectivity index (χ3n) is 6.63. The number of ketones is 1. The number of fused-ring (bicyclic) bond motifs is 1. The van der Waals surface area contributed by atoms with E-state index in [1.54, 1.807) is 6.20 Å². The first-order valence-corrected chi connectivity index (χ1v) is 12.6. The number of hydrogen-bond acceptors (Lipinski definition) is 4. The number of para-hydroxylation sites is 1. The second-order valence-corrected chi connectivity index (χ2v) is 9.82. The third-order valence-corrected chi connectivity index (χ3v) is 6.63.